The Kier molecular flexibility index (Phi) is 11.7. The first-order chi connectivity index (χ1) is 13.8. The second kappa shape index (κ2) is 13.2. The molecule has 1 saturated carbocycles. The van der Waals surface area contributed by atoms with Gasteiger partial charge in [0.05, 0.1) is 24.9 Å². The van der Waals surface area contributed by atoms with Crippen molar-refractivity contribution in [2.45, 2.75) is 89.1 Å². The zero-order valence-corrected chi connectivity index (χ0v) is 18.4. The van der Waals surface area contributed by atoms with Gasteiger partial charge in [-0.3, -0.25) is 4.79 Å². The van der Waals surface area contributed by atoms with Crippen LogP contribution in [0.25, 0.3) is 0 Å². The number of methoxy groups -OCH3 is 2. The van der Waals surface area contributed by atoms with Gasteiger partial charge in [-0.05, 0) is 38.5 Å². The van der Waals surface area contributed by atoms with Crippen molar-refractivity contribution in [2.75, 3.05) is 14.2 Å². The summed E-state index contributed by atoms with van der Waals surface area (Å²) in [6.07, 6.45) is 11.2. The molecule has 1 aliphatic carbocycles. The molecule has 1 aliphatic rings. The molecule has 0 amide bonds. The first-order valence-corrected chi connectivity index (χ1v) is 10.8. The van der Waals surface area contributed by atoms with Gasteiger partial charge in [0.1, 0.15) is 6.10 Å². The molecule has 6 atom stereocenters. The minimum absolute atomic E-state index is 0.102. The Hall–Kier alpha value is -1.21. The summed E-state index contributed by atoms with van der Waals surface area (Å²) < 4.78 is 10.2. The highest BCUT2D eigenvalue weighted by Crippen LogP contribution is 2.37. The third kappa shape index (κ3) is 8.21. The van der Waals surface area contributed by atoms with E-state index < -0.39 is 23.9 Å². The summed E-state index contributed by atoms with van der Waals surface area (Å²) in [5.41, 5.74) is -0.663. The molecule has 0 heterocycles. The Balaban J connectivity index is 2.65. The standard InChI is InChI=1S/C23H40O6/c1-5-6-15-23(2,29-4)21(26)14-13-18-17(19(24)16-20(18)25)11-9-7-8-10-12-22(27)28-3/h7,9,13-14,17-21,24-26H,5-6,8,10-12,15-16H2,1-4H3/b9-7-,14-13+/t17-,18?,19+,20-,21-,23-/m1/s1. The molecule has 0 radical (unpaired) electrons. The lowest BCUT2D eigenvalue weighted by Crippen LogP contribution is -2.40. The van der Waals surface area contributed by atoms with E-state index in [2.05, 4.69) is 11.7 Å². The summed E-state index contributed by atoms with van der Waals surface area (Å²) in [5.74, 6) is -0.528. The number of esters is 1. The highest BCUT2D eigenvalue weighted by Gasteiger charge is 2.40. The highest BCUT2D eigenvalue weighted by molar-refractivity contribution is 5.69. The van der Waals surface area contributed by atoms with Crippen LogP contribution in [0.2, 0.25) is 0 Å². The number of ether oxygens (including phenoxy) is 2. The average molecular weight is 413 g/mol. The van der Waals surface area contributed by atoms with Gasteiger partial charge in [-0.2, -0.15) is 0 Å². The Morgan fingerprint density at radius 1 is 1.21 bits per heavy atom. The molecule has 168 valence electrons. The number of aliphatic hydroxyl groups is 3. The summed E-state index contributed by atoms with van der Waals surface area (Å²) in [6, 6.07) is 0. The summed E-state index contributed by atoms with van der Waals surface area (Å²) in [5, 5.41) is 31.3. The molecule has 0 aromatic carbocycles. The van der Waals surface area contributed by atoms with Gasteiger partial charge in [0.25, 0.3) is 0 Å². The van der Waals surface area contributed by atoms with Gasteiger partial charge in [-0.15, -0.1) is 0 Å². The van der Waals surface area contributed by atoms with E-state index in [1.807, 2.05) is 25.2 Å². The summed E-state index contributed by atoms with van der Waals surface area (Å²) in [7, 11) is 2.99. The van der Waals surface area contributed by atoms with Crippen molar-refractivity contribution in [3.8, 4) is 0 Å². The zero-order valence-electron chi connectivity index (χ0n) is 18.4. The predicted octanol–water partition coefficient (Wildman–Crippen LogP) is 3.15. The third-order valence-corrected chi connectivity index (χ3v) is 6.10. The first kappa shape index (κ1) is 25.8. The van der Waals surface area contributed by atoms with Gasteiger partial charge >= 0.3 is 5.97 Å². The van der Waals surface area contributed by atoms with Crippen molar-refractivity contribution in [2.24, 2.45) is 11.8 Å². The maximum Gasteiger partial charge on any atom is 0.305 e. The van der Waals surface area contributed by atoms with Crippen molar-refractivity contribution >= 4 is 5.97 Å². The van der Waals surface area contributed by atoms with E-state index in [-0.39, 0.29) is 17.8 Å². The van der Waals surface area contributed by atoms with Gasteiger partial charge < -0.3 is 24.8 Å². The number of unbranched alkanes of at least 4 members (excludes halogenated alkanes) is 2. The minimum atomic E-state index is -0.779. The van der Waals surface area contributed by atoms with E-state index in [1.165, 1.54) is 7.11 Å². The van der Waals surface area contributed by atoms with Crippen LogP contribution in [0.3, 0.4) is 0 Å². The number of hydrogen-bond acceptors (Lipinski definition) is 6. The number of carbonyl (C=O) groups excluding carboxylic acids is 1. The van der Waals surface area contributed by atoms with Gasteiger partial charge in [0.2, 0.25) is 0 Å². The van der Waals surface area contributed by atoms with Crippen molar-refractivity contribution in [3.63, 3.8) is 0 Å². The lowest BCUT2D eigenvalue weighted by atomic mass is 9.87. The van der Waals surface area contributed by atoms with E-state index in [4.69, 9.17) is 4.74 Å². The quantitative estimate of drug-likeness (QED) is 0.244. The fourth-order valence-corrected chi connectivity index (χ4v) is 3.88. The van der Waals surface area contributed by atoms with Crippen LogP contribution >= 0.6 is 0 Å². The highest BCUT2D eigenvalue weighted by atomic mass is 16.5. The van der Waals surface area contributed by atoms with Crippen molar-refractivity contribution in [1.29, 1.82) is 0 Å². The molecule has 3 N–H and O–H groups in total. The van der Waals surface area contributed by atoms with Crippen LogP contribution in [0.5, 0.6) is 0 Å². The Labute approximate surface area is 175 Å². The van der Waals surface area contributed by atoms with E-state index in [0.717, 1.165) is 32.1 Å². The molecule has 6 heteroatoms. The average Bonchev–Trinajstić information content (AvgIpc) is 2.98. The van der Waals surface area contributed by atoms with E-state index in [1.54, 1.807) is 13.2 Å². The number of allylic oxidation sites excluding steroid dienone is 2. The molecule has 0 aliphatic heterocycles. The summed E-state index contributed by atoms with van der Waals surface area (Å²) in [4.78, 5) is 11.1. The topological polar surface area (TPSA) is 96.2 Å². The van der Waals surface area contributed by atoms with Gasteiger partial charge in [-0.25, -0.2) is 0 Å². The molecule has 1 fully saturated rings. The maximum atomic E-state index is 11.1. The Bertz CT molecular complexity index is 531. The molecule has 6 nitrogen and oxygen atoms in total. The monoisotopic (exact) mass is 412 g/mol. The molecule has 0 bridgehead atoms. The zero-order chi connectivity index (χ0) is 21.9. The van der Waals surface area contributed by atoms with Crippen molar-refractivity contribution < 1.29 is 29.6 Å². The Morgan fingerprint density at radius 3 is 2.55 bits per heavy atom. The lowest BCUT2D eigenvalue weighted by molar-refractivity contribution is -0.140. The van der Waals surface area contributed by atoms with Crippen LogP contribution in [-0.4, -0.2) is 59.4 Å². The van der Waals surface area contributed by atoms with Crippen LogP contribution in [0.15, 0.2) is 24.3 Å². The van der Waals surface area contributed by atoms with E-state index in [0.29, 0.717) is 19.3 Å². The second-order valence-electron chi connectivity index (χ2n) is 8.24. The van der Waals surface area contributed by atoms with Crippen LogP contribution < -0.4 is 0 Å². The smallest absolute Gasteiger partial charge is 0.305 e. The fourth-order valence-electron chi connectivity index (χ4n) is 3.88. The van der Waals surface area contributed by atoms with Gasteiger partial charge in [0.15, 0.2) is 0 Å². The number of aliphatic hydroxyl groups excluding tert-OH is 3. The van der Waals surface area contributed by atoms with Crippen LogP contribution in [0.4, 0.5) is 0 Å². The normalized spacial score (nSPS) is 28.1. The summed E-state index contributed by atoms with van der Waals surface area (Å²) in [6.45, 7) is 3.99. The van der Waals surface area contributed by atoms with Crippen molar-refractivity contribution in [3.05, 3.63) is 24.3 Å². The molecule has 1 unspecified atom stereocenters. The largest absolute Gasteiger partial charge is 0.469 e. The van der Waals surface area contributed by atoms with E-state index in [9.17, 15) is 20.1 Å². The molecule has 0 aromatic heterocycles. The van der Waals surface area contributed by atoms with Gasteiger partial charge in [-0.1, -0.05) is 44.1 Å². The van der Waals surface area contributed by atoms with Crippen LogP contribution in [-0.2, 0) is 14.3 Å². The van der Waals surface area contributed by atoms with Gasteiger partial charge in [0, 0.05) is 25.9 Å². The van der Waals surface area contributed by atoms with Crippen LogP contribution in [0.1, 0.15) is 65.2 Å². The third-order valence-electron chi connectivity index (χ3n) is 6.10. The molecular weight excluding hydrogens is 372 g/mol. The fraction of sp³-hybridized carbons (Fsp3) is 0.783. The maximum absolute atomic E-state index is 11.1. The number of hydrogen-bond donors (Lipinski definition) is 3. The number of rotatable bonds is 13. The van der Waals surface area contributed by atoms with Crippen molar-refractivity contribution in [1.82, 2.24) is 0 Å². The summed E-state index contributed by atoms with van der Waals surface area (Å²) >= 11 is 0. The molecule has 29 heavy (non-hydrogen) atoms. The Morgan fingerprint density at radius 2 is 1.93 bits per heavy atom. The predicted molar refractivity (Wildman–Crippen MR) is 113 cm³/mol. The molecule has 0 saturated heterocycles. The molecular formula is C23H40O6. The SMILES string of the molecule is CCCC[C@@](C)(OC)[C@H](O)/C=C/C1[C@H](O)C[C@H](O)[C@@H]1C/C=C\CCCC(=O)OC. The molecule has 0 spiro atoms. The first-order valence-electron chi connectivity index (χ1n) is 10.8. The molecule has 1 rings (SSSR count). The van der Waals surface area contributed by atoms with Crippen LogP contribution in [0, 0.1) is 11.8 Å². The van der Waals surface area contributed by atoms with E-state index >= 15 is 0 Å². The lowest BCUT2D eigenvalue weighted by Gasteiger charge is -2.32. The molecule has 0 aromatic rings. The number of carbonyl (C=O) groups is 1. The second-order valence-corrected chi connectivity index (χ2v) is 8.24. The minimum Gasteiger partial charge on any atom is -0.469 e.